The van der Waals surface area contributed by atoms with Gasteiger partial charge in [-0.1, -0.05) is 37.3 Å². The maximum absolute atomic E-state index is 13.7. The molecule has 0 aliphatic carbocycles. The maximum Gasteiger partial charge on any atom is 0.410 e. The summed E-state index contributed by atoms with van der Waals surface area (Å²) in [5.74, 6) is 0.903. The summed E-state index contributed by atoms with van der Waals surface area (Å²) >= 11 is 0. The molecule has 220 valence electrons. The summed E-state index contributed by atoms with van der Waals surface area (Å²) in [4.78, 5) is 43.5. The van der Waals surface area contributed by atoms with Gasteiger partial charge < -0.3 is 19.4 Å². The van der Waals surface area contributed by atoms with E-state index in [9.17, 15) is 14.4 Å². The molecule has 9 nitrogen and oxygen atoms in total. The molecule has 1 atom stereocenters. The number of rotatable bonds is 9. The highest BCUT2D eigenvalue weighted by molar-refractivity contribution is 6.04. The minimum Gasteiger partial charge on any atom is -0.496 e. The van der Waals surface area contributed by atoms with Gasteiger partial charge in [-0.2, -0.15) is 5.10 Å². The number of fused-ring (bicyclic) bond motifs is 1. The van der Waals surface area contributed by atoms with E-state index in [2.05, 4.69) is 17.0 Å². The lowest BCUT2D eigenvalue weighted by Gasteiger charge is -2.34. The maximum atomic E-state index is 13.7. The van der Waals surface area contributed by atoms with Crippen molar-refractivity contribution < 1.29 is 19.1 Å². The normalized spacial score (nSPS) is 14.6. The van der Waals surface area contributed by atoms with Gasteiger partial charge in [0.05, 0.1) is 18.2 Å². The standard InChI is InChI=1S/C33H38N4O5/c1-21-19-29(41-4)26(32(39)35-21)12-13-28(38)30-23(3)31(37-27(30)11-8-16-34-37)22(2)25-14-17-36(18-15-25)33(40)42-20-24-9-6-5-7-10-24/h5-11,16,19,22,25H,12-15,17-18,20H2,1-4H3,(H,35,39). The topological polar surface area (TPSA) is 106 Å². The number of aromatic amines is 1. The first-order valence-corrected chi connectivity index (χ1v) is 14.5. The molecule has 0 spiro atoms. The summed E-state index contributed by atoms with van der Waals surface area (Å²) in [6.45, 7) is 7.48. The van der Waals surface area contributed by atoms with Crippen LogP contribution in [0.5, 0.6) is 5.75 Å². The highest BCUT2D eigenvalue weighted by atomic mass is 16.6. The monoisotopic (exact) mass is 570 g/mol. The van der Waals surface area contributed by atoms with Gasteiger partial charge in [0.2, 0.25) is 0 Å². The van der Waals surface area contributed by atoms with Crippen LogP contribution in [0.2, 0.25) is 0 Å². The molecule has 1 aliphatic heterocycles. The Balaban J connectivity index is 1.29. The fraction of sp³-hybridized carbons (Fsp3) is 0.394. The molecule has 1 saturated heterocycles. The van der Waals surface area contributed by atoms with Gasteiger partial charge in [0.25, 0.3) is 5.56 Å². The van der Waals surface area contributed by atoms with Gasteiger partial charge in [0.1, 0.15) is 12.4 Å². The SMILES string of the molecule is COc1cc(C)[nH]c(=O)c1CCC(=O)c1c(C)c(C(C)C2CCN(C(=O)OCc3ccccc3)CC2)n2ncccc12. The number of aryl methyl sites for hydroxylation is 1. The smallest absolute Gasteiger partial charge is 0.410 e. The summed E-state index contributed by atoms with van der Waals surface area (Å²) in [6.07, 6.45) is 3.57. The molecule has 1 aromatic carbocycles. The number of nitrogens with zero attached hydrogens (tertiary/aromatic N) is 3. The van der Waals surface area contributed by atoms with E-state index >= 15 is 0 Å². The number of benzene rings is 1. The van der Waals surface area contributed by atoms with E-state index in [4.69, 9.17) is 9.47 Å². The van der Waals surface area contributed by atoms with E-state index in [-0.39, 0.29) is 42.8 Å². The zero-order valence-corrected chi connectivity index (χ0v) is 24.7. The van der Waals surface area contributed by atoms with Crippen molar-refractivity contribution in [3.63, 3.8) is 0 Å². The van der Waals surface area contributed by atoms with E-state index < -0.39 is 0 Å². The number of amides is 1. The second-order valence-corrected chi connectivity index (χ2v) is 11.1. The van der Waals surface area contributed by atoms with Crippen LogP contribution in [0.1, 0.15) is 70.5 Å². The second kappa shape index (κ2) is 12.6. The largest absolute Gasteiger partial charge is 0.496 e. The number of carbonyl (C=O) groups excluding carboxylic acids is 2. The van der Waals surface area contributed by atoms with E-state index in [0.29, 0.717) is 41.6 Å². The Morgan fingerprint density at radius 2 is 1.83 bits per heavy atom. The number of H-pyrrole nitrogens is 1. The van der Waals surface area contributed by atoms with Crippen molar-refractivity contribution in [2.75, 3.05) is 20.2 Å². The summed E-state index contributed by atoms with van der Waals surface area (Å²) in [5.41, 5.74) is 5.27. The molecule has 1 fully saturated rings. The zero-order chi connectivity index (χ0) is 29.8. The number of ketones is 1. The summed E-state index contributed by atoms with van der Waals surface area (Å²) < 4.78 is 12.9. The number of pyridine rings is 1. The van der Waals surface area contributed by atoms with Crippen LogP contribution in [0.4, 0.5) is 4.79 Å². The number of piperidine rings is 1. The minimum atomic E-state index is -0.284. The molecule has 0 radical (unpaired) electrons. The number of Topliss-reactive ketones (excluding diaryl/α,β-unsaturated/α-hetero) is 1. The number of likely N-dealkylation sites (tertiary alicyclic amines) is 1. The highest BCUT2D eigenvalue weighted by Gasteiger charge is 2.32. The number of carbonyl (C=O) groups is 2. The fourth-order valence-electron chi connectivity index (χ4n) is 6.20. The predicted octanol–water partition coefficient (Wildman–Crippen LogP) is 5.62. The van der Waals surface area contributed by atoms with Gasteiger partial charge in [0.15, 0.2) is 5.78 Å². The van der Waals surface area contributed by atoms with Crippen LogP contribution in [0.25, 0.3) is 5.52 Å². The molecule has 1 unspecified atom stereocenters. The molecule has 4 aromatic rings. The van der Waals surface area contributed by atoms with Crippen molar-refractivity contribution in [1.29, 1.82) is 0 Å². The Kier molecular flexibility index (Phi) is 8.75. The molecule has 1 aliphatic rings. The quantitative estimate of drug-likeness (QED) is 0.262. The van der Waals surface area contributed by atoms with Crippen molar-refractivity contribution in [2.45, 2.75) is 59.0 Å². The van der Waals surface area contributed by atoms with Crippen LogP contribution in [-0.4, -0.2) is 51.6 Å². The van der Waals surface area contributed by atoms with Gasteiger partial charge in [0, 0.05) is 48.6 Å². The van der Waals surface area contributed by atoms with Crippen LogP contribution in [0.15, 0.2) is 59.5 Å². The van der Waals surface area contributed by atoms with Crippen molar-refractivity contribution in [2.24, 2.45) is 5.92 Å². The van der Waals surface area contributed by atoms with Gasteiger partial charge >= 0.3 is 6.09 Å². The van der Waals surface area contributed by atoms with E-state index in [0.717, 1.165) is 35.2 Å². The number of hydrogen-bond acceptors (Lipinski definition) is 6. The van der Waals surface area contributed by atoms with Gasteiger partial charge in [-0.25, -0.2) is 9.31 Å². The molecule has 9 heteroatoms. The van der Waals surface area contributed by atoms with Crippen LogP contribution < -0.4 is 10.3 Å². The first kappa shape index (κ1) is 29.1. The third kappa shape index (κ3) is 5.95. The molecular weight excluding hydrogens is 532 g/mol. The summed E-state index contributed by atoms with van der Waals surface area (Å²) in [6, 6.07) is 15.2. The minimum absolute atomic E-state index is 0.0329. The van der Waals surface area contributed by atoms with Gasteiger partial charge in [-0.05, 0) is 68.4 Å². The lowest BCUT2D eigenvalue weighted by molar-refractivity contribution is 0.0799. The zero-order valence-electron chi connectivity index (χ0n) is 24.7. The Hall–Kier alpha value is -4.40. The molecule has 0 saturated carbocycles. The molecular formula is C33H38N4O5. The van der Waals surface area contributed by atoms with Crippen molar-refractivity contribution in [3.8, 4) is 5.75 Å². The second-order valence-electron chi connectivity index (χ2n) is 11.1. The van der Waals surface area contributed by atoms with Crippen molar-refractivity contribution in [1.82, 2.24) is 19.5 Å². The molecule has 4 heterocycles. The fourth-order valence-corrected chi connectivity index (χ4v) is 6.20. The van der Waals surface area contributed by atoms with Crippen LogP contribution in [-0.2, 0) is 17.8 Å². The highest BCUT2D eigenvalue weighted by Crippen LogP contribution is 2.37. The lowest BCUT2D eigenvalue weighted by atomic mass is 9.82. The number of ether oxygens (including phenoxy) is 2. The Bertz CT molecular complexity index is 1630. The van der Waals surface area contributed by atoms with Crippen molar-refractivity contribution in [3.05, 3.63) is 98.7 Å². The van der Waals surface area contributed by atoms with Gasteiger partial charge in [-0.15, -0.1) is 0 Å². The average molecular weight is 571 g/mol. The average Bonchev–Trinajstić information content (AvgIpc) is 3.30. The van der Waals surface area contributed by atoms with E-state index in [1.54, 1.807) is 24.1 Å². The molecule has 0 bridgehead atoms. The first-order chi connectivity index (χ1) is 20.3. The third-order valence-corrected chi connectivity index (χ3v) is 8.47. The summed E-state index contributed by atoms with van der Waals surface area (Å²) in [7, 11) is 1.53. The van der Waals surface area contributed by atoms with E-state index in [1.165, 1.54) is 7.11 Å². The Morgan fingerprint density at radius 1 is 1.10 bits per heavy atom. The van der Waals surface area contributed by atoms with Crippen LogP contribution in [0.3, 0.4) is 0 Å². The molecule has 1 amide bonds. The first-order valence-electron chi connectivity index (χ1n) is 14.5. The third-order valence-electron chi connectivity index (χ3n) is 8.47. The molecule has 1 N–H and O–H groups in total. The van der Waals surface area contributed by atoms with Crippen molar-refractivity contribution >= 4 is 17.4 Å². The Labute approximate surface area is 245 Å². The Morgan fingerprint density at radius 3 is 2.55 bits per heavy atom. The summed E-state index contributed by atoms with van der Waals surface area (Å²) in [5, 5.41) is 4.63. The van der Waals surface area contributed by atoms with E-state index in [1.807, 2.05) is 53.9 Å². The molecule has 42 heavy (non-hydrogen) atoms. The number of aromatic nitrogens is 3. The van der Waals surface area contributed by atoms with Gasteiger partial charge in [-0.3, -0.25) is 9.59 Å². The predicted molar refractivity (Wildman–Crippen MR) is 160 cm³/mol. The number of hydrogen-bond donors (Lipinski definition) is 1. The molecule has 3 aromatic heterocycles. The lowest BCUT2D eigenvalue weighted by Crippen LogP contribution is -2.40. The van der Waals surface area contributed by atoms with Crippen LogP contribution >= 0.6 is 0 Å². The number of nitrogens with one attached hydrogen (secondary N) is 1. The number of methoxy groups -OCH3 is 1. The van der Waals surface area contributed by atoms with Crippen LogP contribution in [0, 0.1) is 19.8 Å². The molecule has 5 rings (SSSR count).